The first-order chi connectivity index (χ1) is 20.6. The molecule has 1 aliphatic heterocycles. The number of ether oxygens (including phenoxy) is 1. The number of amides is 2. The molecule has 1 saturated carbocycles. The third-order valence-corrected chi connectivity index (χ3v) is 11.0. The minimum atomic E-state index is -0.982. The number of fused-ring (bicyclic) bond motifs is 2. The first-order valence-electron chi connectivity index (χ1n) is 14.1. The van der Waals surface area contributed by atoms with E-state index in [0.717, 1.165) is 5.56 Å². The number of pyridine rings is 1. The highest BCUT2D eigenvalue weighted by atomic mass is 79.9. The summed E-state index contributed by atoms with van der Waals surface area (Å²) in [5.41, 5.74) is 4.04. The van der Waals surface area contributed by atoms with E-state index < -0.39 is 12.1 Å². The molecule has 5 atom stereocenters. The van der Waals surface area contributed by atoms with E-state index in [0.29, 0.717) is 51.8 Å². The van der Waals surface area contributed by atoms with Crippen LogP contribution in [0.15, 0.2) is 78.9 Å². The third-order valence-electron chi connectivity index (χ3n) is 8.23. The lowest BCUT2D eigenvalue weighted by Crippen LogP contribution is -2.34. The molecule has 1 aliphatic carbocycles. The summed E-state index contributed by atoms with van der Waals surface area (Å²) < 4.78 is 5.66. The molecule has 0 radical (unpaired) electrons. The number of imide groups is 1. The maximum atomic E-state index is 13.5. The minimum Gasteiger partial charge on any atom is -0.451 e. The highest BCUT2D eigenvalue weighted by Gasteiger charge is 2.52. The predicted octanol–water partition coefficient (Wildman–Crippen LogP) is 7.06. The third kappa shape index (κ3) is 5.56. The van der Waals surface area contributed by atoms with E-state index >= 15 is 0 Å². The molecule has 7 nitrogen and oxygen atoms in total. The fourth-order valence-electron chi connectivity index (χ4n) is 5.90. The average Bonchev–Trinajstić information content (AvgIpc) is 3.24. The van der Waals surface area contributed by atoms with Crippen LogP contribution in [0.5, 0.6) is 0 Å². The van der Waals surface area contributed by atoms with Crippen LogP contribution in [-0.2, 0) is 14.3 Å². The molecule has 0 N–H and O–H groups in total. The molecule has 2 fully saturated rings. The van der Waals surface area contributed by atoms with E-state index in [9.17, 15) is 19.2 Å². The number of carbonyl (C=O) groups is 4. The van der Waals surface area contributed by atoms with Crippen molar-refractivity contribution in [3.05, 3.63) is 95.6 Å². The Kier molecular flexibility index (Phi) is 8.04. The Morgan fingerprint density at radius 3 is 2.14 bits per heavy atom. The van der Waals surface area contributed by atoms with Crippen molar-refractivity contribution in [1.82, 2.24) is 4.98 Å². The molecule has 6 rings (SSSR count). The van der Waals surface area contributed by atoms with E-state index in [-0.39, 0.29) is 39.1 Å². The van der Waals surface area contributed by atoms with Crippen molar-refractivity contribution in [2.75, 3.05) is 4.90 Å². The van der Waals surface area contributed by atoms with E-state index in [1.54, 1.807) is 61.5 Å². The normalized spacial score (nSPS) is 22.4. The number of nitrogens with zero attached hydrogens (tertiary/aromatic N) is 2. The maximum absolute atomic E-state index is 13.5. The summed E-state index contributed by atoms with van der Waals surface area (Å²) in [4.78, 5) is 59.2. The van der Waals surface area contributed by atoms with Gasteiger partial charge in [0.1, 0.15) is 0 Å². The van der Waals surface area contributed by atoms with Crippen LogP contribution in [0.4, 0.5) is 5.69 Å². The van der Waals surface area contributed by atoms with Gasteiger partial charge in [0.05, 0.1) is 34.3 Å². The number of benzene rings is 3. The molecule has 1 aromatic heterocycles. The highest BCUT2D eigenvalue weighted by molar-refractivity contribution is 9.12. The minimum absolute atomic E-state index is 0.135. The van der Waals surface area contributed by atoms with Crippen molar-refractivity contribution < 1.29 is 23.9 Å². The number of aryl methyl sites for hydroxylation is 1. The summed E-state index contributed by atoms with van der Waals surface area (Å²) in [6, 6.07) is 23.1. The van der Waals surface area contributed by atoms with Gasteiger partial charge < -0.3 is 4.74 Å². The molecule has 43 heavy (non-hydrogen) atoms. The fourth-order valence-corrected chi connectivity index (χ4v) is 7.14. The zero-order chi connectivity index (χ0) is 30.4. The number of alkyl halides is 2. The molecule has 218 valence electrons. The van der Waals surface area contributed by atoms with Crippen LogP contribution in [0.1, 0.15) is 46.0 Å². The first kappa shape index (κ1) is 29.4. The topological polar surface area (TPSA) is 93.6 Å². The van der Waals surface area contributed by atoms with Crippen LogP contribution in [0.3, 0.4) is 0 Å². The number of hydrogen-bond donors (Lipinski definition) is 0. The van der Waals surface area contributed by atoms with E-state index in [1.807, 2.05) is 31.2 Å². The second-order valence-electron chi connectivity index (χ2n) is 11.1. The summed E-state index contributed by atoms with van der Waals surface area (Å²) in [5, 5.41) is 0.621. The molecule has 2 heterocycles. The summed E-state index contributed by atoms with van der Waals surface area (Å²) in [5.74, 6) is -1.92. The number of ketones is 1. The predicted molar refractivity (Wildman–Crippen MR) is 172 cm³/mol. The molecule has 0 bridgehead atoms. The Bertz CT molecular complexity index is 1730. The molecule has 0 spiro atoms. The highest BCUT2D eigenvalue weighted by Crippen LogP contribution is 2.44. The second kappa shape index (κ2) is 11.8. The van der Waals surface area contributed by atoms with Crippen molar-refractivity contribution in [2.45, 2.75) is 42.4 Å². The van der Waals surface area contributed by atoms with Gasteiger partial charge in [-0.2, -0.15) is 0 Å². The first-order valence-corrected chi connectivity index (χ1v) is 15.9. The molecule has 2 amide bonds. The summed E-state index contributed by atoms with van der Waals surface area (Å²) >= 11 is 7.26. The summed E-state index contributed by atoms with van der Waals surface area (Å²) in [6.45, 7) is 3.49. The van der Waals surface area contributed by atoms with Gasteiger partial charge in [0, 0.05) is 26.2 Å². The Morgan fingerprint density at radius 1 is 0.884 bits per heavy atom. The lowest BCUT2D eigenvalue weighted by atomic mass is 9.81. The molecule has 9 heteroatoms. The second-order valence-corrected chi connectivity index (χ2v) is 13.5. The fraction of sp³-hybridized carbons (Fsp3) is 0.265. The van der Waals surface area contributed by atoms with Gasteiger partial charge in [-0.15, -0.1) is 0 Å². The monoisotopic (exact) mass is 702 g/mol. The number of aromatic nitrogens is 1. The van der Waals surface area contributed by atoms with Gasteiger partial charge in [0.25, 0.3) is 0 Å². The number of carbonyl (C=O) groups excluding carboxylic acids is 4. The Hall–Kier alpha value is -3.69. The summed E-state index contributed by atoms with van der Waals surface area (Å²) in [6.07, 6.45) is 0.230. The molecule has 5 unspecified atom stereocenters. The SMILES string of the molecule is Cc1ccc2nc(-c3ccc(N4C(=O)C5CC(Br)C(Br)CC5C4=O)cc3)cc(C(=O)OC(C)C(=O)c3ccccc3)c2c1. The standard InChI is InChI=1S/C34H28Br2N2O5/c1-18-8-13-29-23(14-18)26(34(42)43-19(2)31(39)21-6-4-3-5-7-21)17-30(37-29)20-9-11-22(12-10-20)38-32(40)24-15-27(35)28(36)16-25(24)33(38)41/h3-14,17,19,24-25,27-28H,15-16H2,1-2H3. The number of anilines is 1. The van der Waals surface area contributed by atoms with Crippen LogP contribution in [0.2, 0.25) is 0 Å². The smallest absolute Gasteiger partial charge is 0.339 e. The van der Waals surface area contributed by atoms with Crippen LogP contribution in [0, 0.1) is 18.8 Å². The lowest BCUT2D eigenvalue weighted by Gasteiger charge is -2.29. The van der Waals surface area contributed by atoms with E-state index in [1.165, 1.54) is 4.90 Å². The van der Waals surface area contributed by atoms with Crippen LogP contribution in [0.25, 0.3) is 22.2 Å². The number of esters is 1. The zero-order valence-electron chi connectivity index (χ0n) is 23.5. The van der Waals surface area contributed by atoms with Gasteiger partial charge in [0.15, 0.2) is 6.10 Å². The average molecular weight is 704 g/mol. The Labute approximate surface area is 265 Å². The van der Waals surface area contributed by atoms with Crippen molar-refractivity contribution in [3.8, 4) is 11.3 Å². The molecular formula is C34H28Br2N2O5. The molecule has 2 aliphatic rings. The van der Waals surface area contributed by atoms with Gasteiger partial charge in [-0.3, -0.25) is 19.3 Å². The van der Waals surface area contributed by atoms with E-state index in [4.69, 9.17) is 9.72 Å². The van der Waals surface area contributed by atoms with Crippen molar-refractivity contribution in [1.29, 1.82) is 0 Å². The molecule has 3 aromatic carbocycles. The van der Waals surface area contributed by atoms with Crippen molar-refractivity contribution in [2.24, 2.45) is 11.8 Å². The van der Waals surface area contributed by atoms with Crippen molar-refractivity contribution in [3.63, 3.8) is 0 Å². The number of rotatable bonds is 6. The van der Waals surface area contributed by atoms with Gasteiger partial charge >= 0.3 is 5.97 Å². The van der Waals surface area contributed by atoms with E-state index in [2.05, 4.69) is 31.9 Å². The molecule has 4 aromatic rings. The number of hydrogen-bond acceptors (Lipinski definition) is 6. The zero-order valence-corrected chi connectivity index (χ0v) is 26.7. The van der Waals surface area contributed by atoms with Gasteiger partial charge in [-0.05, 0) is 57.0 Å². The van der Waals surface area contributed by atoms with Crippen LogP contribution >= 0.6 is 31.9 Å². The molecular weight excluding hydrogens is 676 g/mol. The summed E-state index contributed by atoms with van der Waals surface area (Å²) in [7, 11) is 0. The number of halogens is 2. The molecule has 1 saturated heterocycles. The Morgan fingerprint density at radius 2 is 1.51 bits per heavy atom. The maximum Gasteiger partial charge on any atom is 0.339 e. The van der Waals surface area contributed by atoms with Crippen molar-refractivity contribution >= 4 is 72.0 Å². The number of Topliss-reactive ketones (excluding diaryl/α,β-unsaturated/α-hetero) is 1. The van der Waals surface area contributed by atoms with Gasteiger partial charge in [-0.25, -0.2) is 9.78 Å². The van der Waals surface area contributed by atoms with Crippen LogP contribution in [-0.4, -0.2) is 44.3 Å². The quantitative estimate of drug-likeness (QED) is 0.0924. The van der Waals surface area contributed by atoms with Gasteiger partial charge in [-0.1, -0.05) is 86.0 Å². The lowest BCUT2D eigenvalue weighted by molar-refractivity contribution is -0.122. The van der Waals surface area contributed by atoms with Gasteiger partial charge in [0.2, 0.25) is 17.6 Å². The van der Waals surface area contributed by atoms with Crippen LogP contribution < -0.4 is 4.90 Å². The largest absolute Gasteiger partial charge is 0.451 e. The Balaban J connectivity index is 1.30.